The van der Waals surface area contributed by atoms with Crippen molar-refractivity contribution in [2.45, 2.75) is 11.8 Å². The van der Waals surface area contributed by atoms with Crippen LogP contribution in [-0.2, 0) is 14.3 Å². The molecule has 2 rings (SSSR count). The van der Waals surface area contributed by atoms with Crippen LogP contribution in [-0.4, -0.2) is 8.42 Å². The third-order valence-corrected chi connectivity index (χ3v) is 4.93. The van der Waals surface area contributed by atoms with E-state index in [9.17, 15) is 8.42 Å². The minimum atomic E-state index is -3.84. The van der Waals surface area contributed by atoms with Gasteiger partial charge in [0.05, 0.1) is 1.59 Å². The summed E-state index contributed by atoms with van der Waals surface area (Å²) in [5.74, 6) is 0.345. The van der Waals surface area contributed by atoms with Gasteiger partial charge in [0.15, 0.2) is 5.76 Å². The van der Waals surface area contributed by atoms with Crippen LogP contribution in [0.25, 0.3) is 5.76 Å². The van der Waals surface area contributed by atoms with E-state index in [4.69, 9.17) is 4.18 Å². The van der Waals surface area contributed by atoms with E-state index in [1.54, 1.807) is 24.3 Å². The summed E-state index contributed by atoms with van der Waals surface area (Å²) in [7, 11) is -3.84. The monoisotopic (exact) mass is 526 g/mol. The summed E-state index contributed by atoms with van der Waals surface area (Å²) in [6.07, 6.45) is 0. The first-order valence-corrected chi connectivity index (χ1v) is 9.58. The summed E-state index contributed by atoms with van der Waals surface area (Å²) in [4.78, 5) is 0.149. The molecule has 0 fully saturated rings. The molecular weight excluding hydrogens is 514 g/mol. The summed E-state index contributed by atoms with van der Waals surface area (Å²) in [6, 6.07) is 15.8. The van der Waals surface area contributed by atoms with E-state index in [0.717, 1.165) is 12.7 Å². The van der Waals surface area contributed by atoms with Crippen LogP contribution in [0.15, 0.2) is 61.1 Å². The Balaban J connectivity index is 2.38. The lowest BCUT2D eigenvalue weighted by atomic mass is 10.2. The first-order valence-electron chi connectivity index (χ1n) is 6.02. The second-order valence-corrected chi connectivity index (χ2v) is 10.1. The highest BCUT2D eigenvalue weighted by atomic mass is 127. The van der Waals surface area contributed by atoms with Crippen molar-refractivity contribution in [2.75, 3.05) is 0 Å². The molecule has 0 amide bonds. The second-order valence-electron chi connectivity index (χ2n) is 4.31. The first-order chi connectivity index (χ1) is 9.90. The summed E-state index contributed by atoms with van der Waals surface area (Å²) < 4.78 is 30.8. The number of rotatable bonds is 4. The third kappa shape index (κ3) is 4.43. The molecule has 0 N–H and O–H groups in total. The molecule has 2 aromatic rings. The van der Waals surface area contributed by atoms with Gasteiger partial charge in [-0.2, -0.15) is 8.42 Å². The maximum atomic E-state index is 12.4. The van der Waals surface area contributed by atoms with Gasteiger partial charge in [-0.15, -0.1) is 0 Å². The van der Waals surface area contributed by atoms with E-state index in [0.29, 0.717) is 5.76 Å². The Hall–Kier alpha value is -0.610. The molecule has 0 aliphatic rings. The van der Waals surface area contributed by atoms with Crippen LogP contribution in [0.5, 0.6) is 0 Å². The Bertz CT molecular complexity index is 747. The van der Waals surface area contributed by atoms with Crippen molar-refractivity contribution < 1.29 is 12.6 Å². The number of halogens is 2. The van der Waals surface area contributed by atoms with Crippen LogP contribution in [0, 0.1) is 6.92 Å². The van der Waals surface area contributed by atoms with Crippen LogP contribution in [0.4, 0.5) is 0 Å². The highest BCUT2D eigenvalue weighted by Gasteiger charge is 2.20. The minimum absolute atomic E-state index is 0.149. The Labute approximate surface area is 151 Å². The molecule has 0 radical (unpaired) electrons. The van der Waals surface area contributed by atoms with Crippen LogP contribution in [0.2, 0.25) is 0 Å². The van der Waals surface area contributed by atoms with Crippen molar-refractivity contribution in [3.05, 3.63) is 67.3 Å². The summed E-state index contributed by atoms with van der Waals surface area (Å²) in [5, 5.41) is 0. The number of benzene rings is 2. The van der Waals surface area contributed by atoms with Gasteiger partial charge in [-0.3, -0.25) is 0 Å². The Morgan fingerprint density at radius 1 is 0.952 bits per heavy atom. The van der Waals surface area contributed by atoms with Crippen molar-refractivity contribution in [2.24, 2.45) is 0 Å². The lowest BCUT2D eigenvalue weighted by molar-refractivity contribution is 0.464. The van der Waals surface area contributed by atoms with Crippen LogP contribution < -0.4 is 0 Å². The quantitative estimate of drug-likeness (QED) is 0.324. The molecule has 0 saturated carbocycles. The fourth-order valence-electron chi connectivity index (χ4n) is 1.64. The van der Waals surface area contributed by atoms with Gasteiger partial charge in [0.25, 0.3) is 0 Å². The fourth-order valence-corrected chi connectivity index (χ4v) is 3.75. The molecule has 0 heterocycles. The van der Waals surface area contributed by atoms with Gasteiger partial charge in [-0.25, -0.2) is 0 Å². The van der Waals surface area contributed by atoms with Crippen molar-refractivity contribution in [3.8, 4) is 0 Å². The molecule has 6 heteroatoms. The van der Waals surface area contributed by atoms with Crippen molar-refractivity contribution in [1.29, 1.82) is 0 Å². The van der Waals surface area contributed by atoms with Gasteiger partial charge in [-0.1, -0.05) is 48.0 Å². The molecule has 0 saturated heterocycles. The van der Waals surface area contributed by atoms with Gasteiger partial charge in [0.1, 0.15) is 4.90 Å². The molecule has 0 aliphatic heterocycles. The van der Waals surface area contributed by atoms with Crippen LogP contribution in [0.1, 0.15) is 11.1 Å². The third-order valence-electron chi connectivity index (χ3n) is 2.71. The van der Waals surface area contributed by atoms with E-state index in [-0.39, 0.29) is 4.90 Å². The number of hydrogen-bond donors (Lipinski definition) is 0. The normalized spacial score (nSPS) is 11.0. The lowest BCUT2D eigenvalue weighted by Crippen LogP contribution is -2.06. The smallest absolute Gasteiger partial charge is 0.339 e. The van der Waals surface area contributed by atoms with Crippen LogP contribution in [0.3, 0.4) is 0 Å². The molecule has 0 unspecified atom stereocenters. The average molecular weight is 526 g/mol. The Morgan fingerprint density at radius 2 is 1.52 bits per heavy atom. The molecule has 0 bridgehead atoms. The fraction of sp³-hybridized carbons (Fsp3) is 0.0667. The Morgan fingerprint density at radius 3 is 2.05 bits per heavy atom. The largest absolute Gasteiger partial charge is 0.377 e. The molecule has 3 nitrogen and oxygen atoms in total. The molecule has 2 aromatic carbocycles. The zero-order valence-corrected chi connectivity index (χ0v) is 16.2. The van der Waals surface area contributed by atoms with E-state index in [2.05, 4.69) is 0 Å². The predicted octanol–water partition coefficient (Wildman–Crippen LogP) is 4.90. The standard InChI is InChI=1S/C15H12I2O3S/c1-11-7-9-13(10-8-11)21(18,19)20-14(15(16)17)12-5-3-2-4-6-12/h2-10H,1H3. The van der Waals surface area contributed by atoms with Gasteiger partial charge in [0, 0.05) is 5.56 Å². The van der Waals surface area contributed by atoms with Gasteiger partial charge < -0.3 is 4.18 Å². The number of hydrogen-bond acceptors (Lipinski definition) is 3. The molecule has 0 atom stereocenters. The van der Waals surface area contributed by atoms with E-state index in [1.807, 2.05) is 82.4 Å². The van der Waals surface area contributed by atoms with Crippen molar-refractivity contribution in [1.82, 2.24) is 0 Å². The SMILES string of the molecule is Cc1ccc(S(=O)(=O)OC(=C(I)I)c2ccccc2)cc1. The van der Waals surface area contributed by atoms with Gasteiger partial charge >= 0.3 is 10.1 Å². The Kier molecular flexibility index (Phi) is 5.67. The highest BCUT2D eigenvalue weighted by Crippen LogP contribution is 2.32. The van der Waals surface area contributed by atoms with Gasteiger partial charge in [-0.05, 0) is 64.2 Å². The molecular formula is C15H12I2O3S. The summed E-state index contributed by atoms with van der Waals surface area (Å²) in [6.45, 7) is 1.90. The minimum Gasteiger partial charge on any atom is -0.377 e. The first kappa shape index (κ1) is 16.8. The summed E-state index contributed by atoms with van der Waals surface area (Å²) in [5.41, 5.74) is 1.73. The zero-order chi connectivity index (χ0) is 15.5. The highest BCUT2D eigenvalue weighted by molar-refractivity contribution is 14.2. The number of aryl methyl sites for hydroxylation is 1. The lowest BCUT2D eigenvalue weighted by Gasteiger charge is -2.11. The van der Waals surface area contributed by atoms with E-state index >= 15 is 0 Å². The van der Waals surface area contributed by atoms with Crippen molar-refractivity contribution in [3.63, 3.8) is 0 Å². The van der Waals surface area contributed by atoms with E-state index in [1.165, 1.54) is 0 Å². The topological polar surface area (TPSA) is 43.4 Å². The predicted molar refractivity (Wildman–Crippen MR) is 101 cm³/mol. The van der Waals surface area contributed by atoms with Crippen molar-refractivity contribution >= 4 is 61.1 Å². The van der Waals surface area contributed by atoms with Crippen LogP contribution >= 0.6 is 45.2 Å². The average Bonchev–Trinajstić information content (AvgIpc) is 2.46. The molecule has 21 heavy (non-hydrogen) atoms. The molecule has 0 spiro atoms. The van der Waals surface area contributed by atoms with Gasteiger partial charge in [0.2, 0.25) is 0 Å². The maximum Gasteiger partial charge on any atom is 0.339 e. The second kappa shape index (κ2) is 7.10. The molecule has 0 aromatic heterocycles. The van der Waals surface area contributed by atoms with E-state index < -0.39 is 10.1 Å². The summed E-state index contributed by atoms with van der Waals surface area (Å²) >= 11 is 4.10. The molecule has 110 valence electrons. The zero-order valence-electron chi connectivity index (χ0n) is 11.1. The maximum absolute atomic E-state index is 12.4. The molecule has 0 aliphatic carbocycles.